The number of aromatic nitrogens is 3. The molecule has 0 radical (unpaired) electrons. The molecule has 162 valence electrons. The average Bonchev–Trinajstić information content (AvgIpc) is 3.15. The van der Waals surface area contributed by atoms with E-state index in [2.05, 4.69) is 43.2 Å². The van der Waals surface area contributed by atoms with E-state index in [-0.39, 0.29) is 24.8 Å². The molecule has 0 atom stereocenters. The Labute approximate surface area is 197 Å². The maximum atomic E-state index is 6.00. The van der Waals surface area contributed by atoms with Crippen molar-refractivity contribution < 1.29 is 4.74 Å². The van der Waals surface area contributed by atoms with Crippen LogP contribution in [0.1, 0.15) is 0 Å². The molecule has 1 saturated heterocycles. The summed E-state index contributed by atoms with van der Waals surface area (Å²) < 4.78 is 6.06. The molecule has 0 saturated carbocycles. The molecule has 4 rings (SSSR count). The molecule has 7 nitrogen and oxygen atoms in total. The molecule has 3 aromatic heterocycles. The van der Waals surface area contributed by atoms with Gasteiger partial charge in [0.25, 0.3) is 0 Å². The lowest BCUT2D eigenvalue weighted by atomic mass is 10.3. The molecule has 0 amide bonds. The summed E-state index contributed by atoms with van der Waals surface area (Å²) >= 11 is 7.38. The normalized spacial score (nSPS) is 13.9. The second-order valence-corrected chi connectivity index (χ2v) is 8.20. The Morgan fingerprint density at radius 3 is 2.40 bits per heavy atom. The highest BCUT2D eigenvalue weighted by molar-refractivity contribution is 7.18. The molecule has 1 fully saturated rings. The molecular formula is C19H23Cl3N6OS. The van der Waals surface area contributed by atoms with Crippen LogP contribution >= 0.6 is 47.8 Å². The number of ether oxygens (including phenoxy) is 1. The molecule has 3 aromatic rings. The van der Waals surface area contributed by atoms with Gasteiger partial charge in [0.15, 0.2) is 11.6 Å². The minimum atomic E-state index is 0. The fraction of sp³-hybridized carbons (Fsp3) is 0.316. The SMILES string of the molecule is COc1ccc(-c2ncc(Cl)s2)nc1Nc1ccc(N2CCN(C)CC2)cn1.Cl.Cl. The first-order chi connectivity index (χ1) is 13.6. The number of nitrogens with zero attached hydrogens (tertiary/aromatic N) is 5. The van der Waals surface area contributed by atoms with Gasteiger partial charge in [0.2, 0.25) is 0 Å². The second kappa shape index (κ2) is 11.0. The Kier molecular flexibility index (Phi) is 8.93. The van der Waals surface area contributed by atoms with Gasteiger partial charge in [-0.1, -0.05) is 11.6 Å². The van der Waals surface area contributed by atoms with Crippen LogP contribution in [0.3, 0.4) is 0 Å². The van der Waals surface area contributed by atoms with Crippen LogP contribution in [-0.4, -0.2) is 60.2 Å². The van der Waals surface area contributed by atoms with E-state index in [1.165, 1.54) is 11.3 Å². The van der Waals surface area contributed by atoms with Crippen LogP contribution in [0.25, 0.3) is 10.7 Å². The predicted molar refractivity (Wildman–Crippen MR) is 129 cm³/mol. The van der Waals surface area contributed by atoms with Crippen molar-refractivity contribution in [1.29, 1.82) is 0 Å². The molecule has 30 heavy (non-hydrogen) atoms. The molecule has 0 aliphatic carbocycles. The first-order valence-corrected chi connectivity index (χ1v) is 10.1. The lowest BCUT2D eigenvalue weighted by molar-refractivity contribution is 0.313. The standard InChI is InChI=1S/C19H21ClN6OS.2ClH/c1-25-7-9-26(10-8-25)13-3-6-17(21-11-13)24-18-15(27-2)5-4-14(23-18)19-22-12-16(20)28-19;;/h3-6,11-12H,7-10H2,1-2H3,(H,21,23,24);2*1H. The zero-order chi connectivity index (χ0) is 19.5. The van der Waals surface area contributed by atoms with E-state index in [0.29, 0.717) is 21.7 Å². The highest BCUT2D eigenvalue weighted by atomic mass is 35.5. The lowest BCUT2D eigenvalue weighted by Crippen LogP contribution is -2.44. The largest absolute Gasteiger partial charge is 0.493 e. The van der Waals surface area contributed by atoms with Gasteiger partial charge in [-0.3, -0.25) is 0 Å². The smallest absolute Gasteiger partial charge is 0.175 e. The first-order valence-electron chi connectivity index (χ1n) is 8.95. The zero-order valence-electron chi connectivity index (χ0n) is 16.5. The molecule has 1 N–H and O–H groups in total. The van der Waals surface area contributed by atoms with Crippen molar-refractivity contribution in [1.82, 2.24) is 19.9 Å². The van der Waals surface area contributed by atoms with Crippen LogP contribution in [0.4, 0.5) is 17.3 Å². The molecule has 4 heterocycles. The number of anilines is 3. The van der Waals surface area contributed by atoms with Crippen molar-refractivity contribution in [2.45, 2.75) is 0 Å². The molecule has 0 aromatic carbocycles. The Hall–Kier alpha value is -1.84. The van der Waals surface area contributed by atoms with Crippen molar-refractivity contribution in [2.24, 2.45) is 0 Å². The Morgan fingerprint density at radius 2 is 1.80 bits per heavy atom. The minimum Gasteiger partial charge on any atom is -0.493 e. The van der Waals surface area contributed by atoms with Gasteiger partial charge in [0.05, 0.1) is 25.2 Å². The van der Waals surface area contributed by atoms with Gasteiger partial charge in [-0.15, -0.1) is 36.2 Å². The van der Waals surface area contributed by atoms with Crippen LogP contribution < -0.4 is 15.0 Å². The zero-order valence-corrected chi connectivity index (χ0v) is 19.7. The number of pyridine rings is 2. The average molecular weight is 490 g/mol. The predicted octanol–water partition coefficient (Wildman–Crippen LogP) is 4.60. The Morgan fingerprint density at radius 1 is 1.03 bits per heavy atom. The van der Waals surface area contributed by atoms with Gasteiger partial charge in [-0.25, -0.2) is 15.0 Å². The summed E-state index contributed by atoms with van der Waals surface area (Å²) in [6.45, 7) is 4.15. The van der Waals surface area contributed by atoms with Crippen LogP contribution in [-0.2, 0) is 0 Å². The van der Waals surface area contributed by atoms with Gasteiger partial charge < -0.3 is 19.9 Å². The van der Waals surface area contributed by atoms with Crippen LogP contribution in [0, 0.1) is 0 Å². The summed E-state index contributed by atoms with van der Waals surface area (Å²) in [6.07, 6.45) is 3.52. The van der Waals surface area contributed by atoms with Crippen molar-refractivity contribution in [3.63, 3.8) is 0 Å². The van der Waals surface area contributed by atoms with Crippen molar-refractivity contribution >= 4 is 65.1 Å². The number of hydrogen-bond donors (Lipinski definition) is 1. The van der Waals surface area contributed by atoms with E-state index in [1.807, 2.05) is 24.4 Å². The van der Waals surface area contributed by atoms with Crippen molar-refractivity contribution in [2.75, 3.05) is 50.6 Å². The highest BCUT2D eigenvalue weighted by Crippen LogP contribution is 2.32. The monoisotopic (exact) mass is 488 g/mol. The fourth-order valence-corrected chi connectivity index (χ4v) is 3.91. The molecule has 0 bridgehead atoms. The number of likely N-dealkylation sites (N-methyl/N-ethyl adjacent to an activating group) is 1. The third-order valence-electron chi connectivity index (χ3n) is 4.64. The van der Waals surface area contributed by atoms with Crippen LogP contribution in [0.2, 0.25) is 4.34 Å². The number of piperazine rings is 1. The van der Waals surface area contributed by atoms with Gasteiger partial charge in [-0.05, 0) is 31.3 Å². The van der Waals surface area contributed by atoms with E-state index in [9.17, 15) is 0 Å². The number of rotatable bonds is 5. The maximum Gasteiger partial charge on any atom is 0.175 e. The van der Waals surface area contributed by atoms with Crippen molar-refractivity contribution in [3.8, 4) is 16.5 Å². The number of nitrogens with one attached hydrogen (secondary N) is 1. The van der Waals surface area contributed by atoms with E-state index in [4.69, 9.17) is 16.3 Å². The van der Waals surface area contributed by atoms with Gasteiger partial charge >= 0.3 is 0 Å². The molecule has 1 aliphatic rings. The molecular weight excluding hydrogens is 467 g/mol. The van der Waals surface area contributed by atoms with Gasteiger partial charge in [0, 0.05) is 26.2 Å². The van der Waals surface area contributed by atoms with E-state index < -0.39 is 0 Å². The van der Waals surface area contributed by atoms with E-state index in [1.54, 1.807) is 13.3 Å². The Balaban J connectivity index is 0.00000160. The second-order valence-electron chi connectivity index (χ2n) is 6.53. The molecule has 11 heteroatoms. The van der Waals surface area contributed by atoms with E-state index in [0.717, 1.165) is 42.6 Å². The summed E-state index contributed by atoms with van der Waals surface area (Å²) in [4.78, 5) is 18.2. The van der Waals surface area contributed by atoms with E-state index >= 15 is 0 Å². The summed E-state index contributed by atoms with van der Waals surface area (Å²) in [5.74, 6) is 1.93. The third kappa shape index (κ3) is 5.65. The van der Waals surface area contributed by atoms with Crippen LogP contribution in [0.15, 0.2) is 36.7 Å². The van der Waals surface area contributed by atoms with Gasteiger partial charge in [-0.2, -0.15) is 0 Å². The van der Waals surface area contributed by atoms with Crippen LogP contribution in [0.5, 0.6) is 5.75 Å². The first kappa shape index (κ1) is 24.4. The number of methoxy groups -OCH3 is 1. The number of thiazole rings is 1. The fourth-order valence-electron chi connectivity index (χ4n) is 3.03. The quantitative estimate of drug-likeness (QED) is 0.562. The molecule has 0 unspecified atom stereocenters. The third-order valence-corrected chi connectivity index (χ3v) is 5.77. The number of halogens is 3. The summed E-state index contributed by atoms with van der Waals surface area (Å²) in [7, 11) is 3.77. The van der Waals surface area contributed by atoms with Gasteiger partial charge in [0.1, 0.15) is 20.9 Å². The molecule has 1 aliphatic heterocycles. The summed E-state index contributed by atoms with van der Waals surface area (Å²) in [5.41, 5.74) is 1.86. The molecule has 0 spiro atoms. The highest BCUT2D eigenvalue weighted by Gasteiger charge is 2.15. The van der Waals surface area contributed by atoms with Crippen molar-refractivity contribution in [3.05, 3.63) is 41.0 Å². The topological polar surface area (TPSA) is 66.4 Å². The minimum absolute atomic E-state index is 0. The lowest BCUT2D eigenvalue weighted by Gasteiger charge is -2.33. The Bertz CT molecular complexity index is 948. The maximum absolute atomic E-state index is 6.00. The summed E-state index contributed by atoms with van der Waals surface area (Å²) in [5, 5.41) is 4.01. The summed E-state index contributed by atoms with van der Waals surface area (Å²) in [6, 6.07) is 7.76. The number of hydrogen-bond acceptors (Lipinski definition) is 8.